The van der Waals surface area contributed by atoms with Crippen molar-refractivity contribution >= 4 is 21.5 Å². The maximum absolute atomic E-state index is 12.2. The lowest BCUT2D eigenvalue weighted by molar-refractivity contribution is 0.0602. The first-order valence-corrected chi connectivity index (χ1v) is 9.08. The summed E-state index contributed by atoms with van der Waals surface area (Å²) in [6.07, 6.45) is 2.54. The van der Waals surface area contributed by atoms with E-state index >= 15 is 0 Å². The van der Waals surface area contributed by atoms with Crippen molar-refractivity contribution < 1.29 is 13.2 Å². The zero-order valence-electron chi connectivity index (χ0n) is 11.8. The van der Waals surface area contributed by atoms with Gasteiger partial charge in [-0.05, 0) is 19.3 Å². The van der Waals surface area contributed by atoms with Crippen LogP contribution < -0.4 is 4.72 Å². The quantitative estimate of drug-likeness (QED) is 0.854. The molecule has 6 nitrogen and oxygen atoms in total. The van der Waals surface area contributed by atoms with E-state index in [1.807, 2.05) is 12.3 Å². The van der Waals surface area contributed by atoms with E-state index in [0.29, 0.717) is 13.1 Å². The van der Waals surface area contributed by atoms with E-state index in [4.69, 9.17) is 4.74 Å². The highest BCUT2D eigenvalue weighted by molar-refractivity contribution is 7.87. The Balaban J connectivity index is 1.88. The molecule has 114 valence electrons. The van der Waals surface area contributed by atoms with Crippen molar-refractivity contribution in [2.75, 3.05) is 20.2 Å². The maximum Gasteiger partial charge on any atom is 0.279 e. The van der Waals surface area contributed by atoms with Crippen LogP contribution in [0.3, 0.4) is 0 Å². The van der Waals surface area contributed by atoms with Gasteiger partial charge in [-0.3, -0.25) is 0 Å². The molecule has 20 heavy (non-hydrogen) atoms. The molecular weight excluding hydrogens is 298 g/mol. The van der Waals surface area contributed by atoms with Gasteiger partial charge in [-0.25, -0.2) is 4.98 Å². The van der Waals surface area contributed by atoms with E-state index in [1.54, 1.807) is 18.4 Å². The Hall–Kier alpha value is -0.540. The molecule has 0 spiro atoms. The Bertz CT molecular complexity index is 522. The summed E-state index contributed by atoms with van der Waals surface area (Å²) in [5.74, 6) is 0. The van der Waals surface area contributed by atoms with Gasteiger partial charge in [0.05, 0.1) is 23.4 Å². The maximum atomic E-state index is 12.2. The van der Waals surface area contributed by atoms with Crippen molar-refractivity contribution in [1.29, 1.82) is 0 Å². The second kappa shape index (κ2) is 6.95. The topological polar surface area (TPSA) is 71.5 Å². The Morgan fingerprint density at radius 1 is 1.50 bits per heavy atom. The molecule has 0 aliphatic carbocycles. The van der Waals surface area contributed by atoms with Crippen LogP contribution in [-0.2, 0) is 27.9 Å². The molecule has 0 bridgehead atoms. The first kappa shape index (κ1) is 15.8. The minimum absolute atomic E-state index is 0.173. The summed E-state index contributed by atoms with van der Waals surface area (Å²) in [4.78, 5) is 4.36. The highest BCUT2D eigenvalue weighted by Gasteiger charge is 2.27. The summed E-state index contributed by atoms with van der Waals surface area (Å²) in [5, 5.41) is 2.93. The first-order chi connectivity index (χ1) is 9.55. The molecule has 1 N–H and O–H groups in total. The molecule has 1 aromatic rings. The van der Waals surface area contributed by atoms with Gasteiger partial charge < -0.3 is 4.74 Å². The van der Waals surface area contributed by atoms with Crippen LogP contribution in [0.4, 0.5) is 0 Å². The number of hydrogen-bond acceptors (Lipinski definition) is 5. The van der Waals surface area contributed by atoms with Crippen molar-refractivity contribution in [2.24, 2.45) is 0 Å². The fourth-order valence-corrected chi connectivity index (χ4v) is 4.11. The Morgan fingerprint density at radius 2 is 2.20 bits per heavy atom. The Morgan fingerprint density at radius 3 is 2.75 bits per heavy atom. The number of nitrogens with zero attached hydrogens (tertiary/aromatic N) is 2. The summed E-state index contributed by atoms with van der Waals surface area (Å²) in [5.41, 5.74) is 0.780. The van der Waals surface area contributed by atoms with Gasteiger partial charge in [0.15, 0.2) is 0 Å². The highest BCUT2D eigenvalue weighted by atomic mass is 32.2. The molecule has 1 fully saturated rings. The summed E-state index contributed by atoms with van der Waals surface area (Å²) >= 11 is 1.56. The average Bonchev–Trinajstić information content (AvgIpc) is 2.93. The zero-order valence-corrected chi connectivity index (χ0v) is 13.5. The van der Waals surface area contributed by atoms with Gasteiger partial charge in [0.2, 0.25) is 0 Å². The third-order valence-corrected chi connectivity index (χ3v) is 6.01. The molecule has 1 aliphatic rings. The third-order valence-electron chi connectivity index (χ3n) is 3.41. The Labute approximate surface area is 124 Å². The molecule has 0 unspecified atom stereocenters. The van der Waals surface area contributed by atoms with Crippen molar-refractivity contribution in [3.8, 4) is 0 Å². The largest absolute Gasteiger partial charge is 0.381 e. The van der Waals surface area contributed by atoms with Crippen molar-refractivity contribution in [3.63, 3.8) is 0 Å². The van der Waals surface area contributed by atoms with Gasteiger partial charge in [0.1, 0.15) is 0 Å². The molecule has 1 aliphatic heterocycles. The predicted molar refractivity (Wildman–Crippen MR) is 78.9 cm³/mol. The second-order valence-corrected chi connectivity index (χ2v) is 7.44. The van der Waals surface area contributed by atoms with Gasteiger partial charge in [0, 0.05) is 25.6 Å². The number of piperidine rings is 1. The number of methoxy groups -OCH3 is 1. The summed E-state index contributed by atoms with van der Waals surface area (Å²) in [6.45, 7) is 3.30. The molecule has 1 saturated heterocycles. The van der Waals surface area contributed by atoms with Crippen molar-refractivity contribution in [3.05, 3.63) is 16.1 Å². The summed E-state index contributed by atoms with van der Waals surface area (Å²) < 4.78 is 33.7. The lowest BCUT2D eigenvalue weighted by Crippen LogP contribution is -2.46. The van der Waals surface area contributed by atoms with Crippen LogP contribution >= 0.6 is 11.3 Å². The zero-order chi connectivity index (χ0) is 14.6. The number of ether oxygens (including phenoxy) is 1. The van der Waals surface area contributed by atoms with Gasteiger partial charge in [0.25, 0.3) is 10.2 Å². The van der Waals surface area contributed by atoms with Crippen LogP contribution in [0.25, 0.3) is 0 Å². The lowest BCUT2D eigenvalue weighted by atomic mass is 10.1. The van der Waals surface area contributed by atoms with E-state index in [2.05, 4.69) is 9.71 Å². The van der Waals surface area contributed by atoms with Crippen LogP contribution in [0.1, 0.15) is 30.5 Å². The number of rotatable bonds is 6. The SMILES string of the molecule is CCc1nc(CNS(=O)(=O)N2CCC(OC)CC2)cs1. The number of nitrogens with one attached hydrogen (secondary N) is 1. The molecule has 2 rings (SSSR count). The smallest absolute Gasteiger partial charge is 0.279 e. The third kappa shape index (κ3) is 3.98. The normalized spacial score (nSPS) is 18.5. The lowest BCUT2D eigenvalue weighted by Gasteiger charge is -2.30. The molecule has 0 radical (unpaired) electrons. The van der Waals surface area contributed by atoms with E-state index < -0.39 is 10.2 Å². The van der Waals surface area contributed by atoms with E-state index in [0.717, 1.165) is 30.0 Å². The molecule has 2 heterocycles. The fraction of sp³-hybridized carbons (Fsp3) is 0.750. The van der Waals surface area contributed by atoms with Crippen molar-refractivity contribution in [1.82, 2.24) is 14.0 Å². The number of hydrogen-bond donors (Lipinski definition) is 1. The molecule has 8 heteroatoms. The Kier molecular flexibility index (Phi) is 5.50. The predicted octanol–water partition coefficient (Wildman–Crippen LogP) is 1.15. The molecular formula is C12H21N3O3S2. The molecule has 0 atom stereocenters. The second-order valence-electron chi connectivity index (χ2n) is 4.75. The first-order valence-electron chi connectivity index (χ1n) is 6.76. The molecule has 1 aromatic heterocycles. The van der Waals surface area contributed by atoms with E-state index in [-0.39, 0.29) is 12.6 Å². The minimum atomic E-state index is -3.42. The minimum Gasteiger partial charge on any atom is -0.381 e. The van der Waals surface area contributed by atoms with Crippen LogP contribution in [0.5, 0.6) is 0 Å². The van der Waals surface area contributed by atoms with Crippen LogP contribution in [0.2, 0.25) is 0 Å². The number of aryl methyl sites for hydroxylation is 1. The fourth-order valence-electron chi connectivity index (χ4n) is 2.16. The highest BCUT2D eigenvalue weighted by Crippen LogP contribution is 2.16. The standard InChI is InChI=1S/C12H21N3O3S2/c1-3-12-14-10(9-19-12)8-13-20(16,17)15-6-4-11(18-2)5-7-15/h9,11,13H,3-8H2,1-2H3. The number of thiazole rings is 1. The number of aromatic nitrogens is 1. The molecule has 0 aromatic carbocycles. The summed E-state index contributed by atoms with van der Waals surface area (Å²) in [6, 6.07) is 0. The van der Waals surface area contributed by atoms with Gasteiger partial charge in [-0.15, -0.1) is 11.3 Å². The molecule has 0 saturated carbocycles. The van der Waals surface area contributed by atoms with Gasteiger partial charge >= 0.3 is 0 Å². The van der Waals surface area contributed by atoms with Crippen molar-refractivity contribution in [2.45, 2.75) is 38.8 Å². The van der Waals surface area contributed by atoms with Crippen LogP contribution in [0.15, 0.2) is 5.38 Å². The van der Waals surface area contributed by atoms with E-state index in [1.165, 1.54) is 4.31 Å². The van der Waals surface area contributed by atoms with Crippen LogP contribution in [0, 0.1) is 0 Å². The van der Waals surface area contributed by atoms with Crippen LogP contribution in [-0.4, -0.2) is 44.0 Å². The van der Waals surface area contributed by atoms with Gasteiger partial charge in [-0.2, -0.15) is 17.4 Å². The van der Waals surface area contributed by atoms with E-state index in [9.17, 15) is 8.42 Å². The molecule has 0 amide bonds. The average molecular weight is 319 g/mol. The monoisotopic (exact) mass is 319 g/mol. The van der Waals surface area contributed by atoms with Gasteiger partial charge in [-0.1, -0.05) is 6.92 Å². The summed E-state index contributed by atoms with van der Waals surface area (Å²) in [7, 11) is -1.75.